The van der Waals surface area contributed by atoms with Crippen LogP contribution in [0.25, 0.3) is 0 Å². The molecule has 4 rings (SSSR count). The average molecular weight is 359 g/mol. The lowest BCUT2D eigenvalue weighted by molar-refractivity contribution is 0.227. The lowest BCUT2D eigenvalue weighted by Gasteiger charge is -2.27. The van der Waals surface area contributed by atoms with Crippen molar-refractivity contribution in [2.75, 3.05) is 19.6 Å². The number of thiophene rings is 1. The van der Waals surface area contributed by atoms with Crippen molar-refractivity contribution < 1.29 is 9.18 Å². The number of benzene rings is 1. The van der Waals surface area contributed by atoms with Crippen LogP contribution in [0, 0.1) is 5.82 Å². The highest BCUT2D eigenvalue weighted by atomic mass is 32.1. The second kappa shape index (κ2) is 6.77. The molecule has 6 heteroatoms. The number of fused-ring (bicyclic) bond motifs is 1. The Kier molecular flexibility index (Phi) is 4.48. The summed E-state index contributed by atoms with van der Waals surface area (Å²) in [7, 11) is 0. The minimum Gasteiger partial charge on any atom is -0.337 e. The number of carbonyl (C=O) groups is 1. The molecular formula is C19H22FN3OS. The molecule has 0 bridgehead atoms. The van der Waals surface area contributed by atoms with Gasteiger partial charge in [0, 0.05) is 31.1 Å². The Hall–Kier alpha value is -1.92. The Labute approximate surface area is 151 Å². The van der Waals surface area contributed by atoms with Crippen LogP contribution in [0.15, 0.2) is 35.7 Å². The fourth-order valence-corrected chi connectivity index (χ4v) is 4.37. The number of urea groups is 1. The van der Waals surface area contributed by atoms with E-state index in [1.165, 1.54) is 22.6 Å². The molecule has 2 aliphatic rings. The summed E-state index contributed by atoms with van der Waals surface area (Å²) in [5.41, 5.74) is 1.88. The molecule has 0 spiro atoms. The summed E-state index contributed by atoms with van der Waals surface area (Å²) in [6.45, 7) is 3.47. The van der Waals surface area contributed by atoms with Crippen molar-refractivity contribution >= 4 is 17.4 Å². The number of nitrogens with zero attached hydrogens (tertiary/aromatic N) is 1. The summed E-state index contributed by atoms with van der Waals surface area (Å²) in [5, 5.41) is 8.13. The molecule has 1 saturated carbocycles. The van der Waals surface area contributed by atoms with Crippen LogP contribution >= 0.6 is 11.3 Å². The molecule has 1 aliphatic heterocycles. The van der Waals surface area contributed by atoms with Gasteiger partial charge in [-0.15, -0.1) is 11.3 Å². The van der Waals surface area contributed by atoms with E-state index >= 15 is 0 Å². The number of halogens is 1. The molecule has 2 N–H and O–H groups in total. The van der Waals surface area contributed by atoms with Crippen molar-refractivity contribution in [3.8, 4) is 0 Å². The van der Waals surface area contributed by atoms with Crippen LogP contribution in [0.3, 0.4) is 0 Å². The van der Waals surface area contributed by atoms with E-state index in [-0.39, 0.29) is 17.4 Å². The third-order valence-corrected chi connectivity index (χ3v) is 6.10. The van der Waals surface area contributed by atoms with E-state index in [0.717, 1.165) is 44.5 Å². The van der Waals surface area contributed by atoms with Gasteiger partial charge in [-0.1, -0.05) is 12.1 Å². The van der Waals surface area contributed by atoms with E-state index in [1.54, 1.807) is 6.07 Å². The van der Waals surface area contributed by atoms with Gasteiger partial charge in [-0.05, 0) is 54.0 Å². The predicted octanol–water partition coefficient (Wildman–Crippen LogP) is 3.23. The molecule has 2 heterocycles. The molecule has 0 radical (unpaired) electrons. The lowest BCUT2D eigenvalue weighted by Crippen LogP contribution is -2.45. The second-order valence-electron chi connectivity index (χ2n) is 6.87. The smallest absolute Gasteiger partial charge is 0.315 e. The van der Waals surface area contributed by atoms with Gasteiger partial charge in [0.2, 0.25) is 0 Å². The largest absolute Gasteiger partial charge is 0.337 e. The summed E-state index contributed by atoms with van der Waals surface area (Å²) in [6, 6.07) is 8.54. The first-order chi connectivity index (χ1) is 12.1. The number of amides is 2. The quantitative estimate of drug-likeness (QED) is 0.861. The summed E-state index contributed by atoms with van der Waals surface area (Å²) >= 11 is 1.84. The van der Waals surface area contributed by atoms with Crippen LogP contribution in [-0.2, 0) is 18.5 Å². The molecule has 1 fully saturated rings. The zero-order valence-corrected chi connectivity index (χ0v) is 14.9. The molecule has 0 atom stereocenters. The van der Waals surface area contributed by atoms with Gasteiger partial charge in [-0.25, -0.2) is 9.18 Å². The minimum absolute atomic E-state index is 0.171. The van der Waals surface area contributed by atoms with Crippen LogP contribution in [0.2, 0.25) is 0 Å². The maximum Gasteiger partial charge on any atom is 0.315 e. The van der Waals surface area contributed by atoms with E-state index in [1.807, 2.05) is 17.4 Å². The van der Waals surface area contributed by atoms with Crippen molar-refractivity contribution in [3.63, 3.8) is 0 Å². The van der Waals surface area contributed by atoms with Gasteiger partial charge in [-0.3, -0.25) is 4.90 Å². The van der Waals surface area contributed by atoms with Crippen molar-refractivity contribution in [2.45, 2.75) is 31.3 Å². The third-order valence-electron chi connectivity index (χ3n) is 5.08. The first-order valence-electron chi connectivity index (χ1n) is 8.74. The fraction of sp³-hybridized carbons (Fsp3) is 0.421. The number of carbonyl (C=O) groups excluding carboxylic acids is 1. The molecule has 2 aromatic rings. The van der Waals surface area contributed by atoms with E-state index in [9.17, 15) is 9.18 Å². The zero-order chi connectivity index (χ0) is 17.3. The number of hydrogen-bond acceptors (Lipinski definition) is 3. The van der Waals surface area contributed by atoms with Gasteiger partial charge in [0.15, 0.2) is 0 Å². The highest BCUT2D eigenvalue weighted by Crippen LogP contribution is 2.45. The molecule has 25 heavy (non-hydrogen) atoms. The first kappa shape index (κ1) is 16.5. The van der Waals surface area contributed by atoms with Crippen LogP contribution in [0.1, 0.15) is 28.8 Å². The van der Waals surface area contributed by atoms with Gasteiger partial charge in [-0.2, -0.15) is 0 Å². The van der Waals surface area contributed by atoms with Crippen LogP contribution in [0.5, 0.6) is 0 Å². The number of hydrogen-bond donors (Lipinski definition) is 2. The van der Waals surface area contributed by atoms with Crippen molar-refractivity contribution in [1.29, 1.82) is 0 Å². The third kappa shape index (κ3) is 3.70. The van der Waals surface area contributed by atoms with Gasteiger partial charge in [0.25, 0.3) is 0 Å². The summed E-state index contributed by atoms with van der Waals surface area (Å²) in [4.78, 5) is 16.1. The first-order valence-corrected chi connectivity index (χ1v) is 9.62. The predicted molar refractivity (Wildman–Crippen MR) is 97.1 cm³/mol. The summed E-state index contributed by atoms with van der Waals surface area (Å²) < 4.78 is 13.4. The average Bonchev–Trinajstić information content (AvgIpc) is 3.22. The van der Waals surface area contributed by atoms with E-state index in [4.69, 9.17) is 0 Å². The minimum atomic E-state index is -0.386. The lowest BCUT2D eigenvalue weighted by atomic mass is 10.1. The monoisotopic (exact) mass is 359 g/mol. The van der Waals surface area contributed by atoms with E-state index in [2.05, 4.69) is 27.0 Å². The fourth-order valence-electron chi connectivity index (χ4n) is 3.48. The Bertz CT molecular complexity index is 772. The van der Waals surface area contributed by atoms with Gasteiger partial charge in [0.1, 0.15) is 5.82 Å². The maximum atomic E-state index is 13.4. The number of rotatable bonds is 5. The van der Waals surface area contributed by atoms with Crippen molar-refractivity contribution in [3.05, 3.63) is 57.5 Å². The molecular weight excluding hydrogens is 337 g/mol. The Morgan fingerprint density at radius 1 is 1.32 bits per heavy atom. The van der Waals surface area contributed by atoms with Crippen molar-refractivity contribution in [2.24, 2.45) is 0 Å². The van der Waals surface area contributed by atoms with Gasteiger partial charge < -0.3 is 10.6 Å². The Morgan fingerprint density at radius 2 is 2.20 bits per heavy atom. The van der Waals surface area contributed by atoms with Crippen LogP contribution in [0.4, 0.5) is 9.18 Å². The Morgan fingerprint density at radius 3 is 3.00 bits per heavy atom. The molecule has 1 aromatic carbocycles. The van der Waals surface area contributed by atoms with Gasteiger partial charge in [0.05, 0.1) is 5.54 Å². The Balaban J connectivity index is 1.25. The SMILES string of the molecule is O=C(NCCN1CCc2sccc2C1)NC1(c2cccc(F)c2)CC1. The second-order valence-corrected chi connectivity index (χ2v) is 7.87. The highest BCUT2D eigenvalue weighted by Gasteiger charge is 2.45. The molecule has 1 aromatic heterocycles. The maximum absolute atomic E-state index is 13.4. The standard InChI is InChI=1S/C19H22FN3OS/c20-16-3-1-2-15(12-16)19(6-7-19)22-18(24)21-8-10-23-9-4-17-14(13-23)5-11-25-17/h1-3,5,11-12H,4,6-10,13H2,(H2,21,22,24). The topological polar surface area (TPSA) is 44.4 Å². The number of nitrogens with one attached hydrogen (secondary N) is 2. The van der Waals surface area contributed by atoms with E-state index < -0.39 is 0 Å². The normalized spacial score (nSPS) is 18.4. The van der Waals surface area contributed by atoms with Crippen molar-refractivity contribution in [1.82, 2.24) is 15.5 Å². The molecule has 0 unspecified atom stereocenters. The van der Waals surface area contributed by atoms with Crippen LogP contribution in [-0.4, -0.2) is 30.6 Å². The van der Waals surface area contributed by atoms with E-state index in [0.29, 0.717) is 6.54 Å². The molecule has 0 saturated heterocycles. The zero-order valence-electron chi connectivity index (χ0n) is 14.1. The van der Waals surface area contributed by atoms with Gasteiger partial charge >= 0.3 is 6.03 Å². The molecule has 1 aliphatic carbocycles. The highest BCUT2D eigenvalue weighted by molar-refractivity contribution is 7.10. The molecule has 4 nitrogen and oxygen atoms in total. The van der Waals surface area contributed by atoms with Crippen LogP contribution < -0.4 is 10.6 Å². The summed E-state index contributed by atoms with van der Waals surface area (Å²) in [5.74, 6) is -0.260. The molecule has 132 valence electrons. The summed E-state index contributed by atoms with van der Waals surface area (Å²) in [6.07, 6.45) is 2.82. The molecule has 2 amide bonds.